The van der Waals surface area contributed by atoms with Crippen LogP contribution >= 0.6 is 0 Å². The Morgan fingerprint density at radius 3 is 2.43 bits per heavy atom. The van der Waals surface area contributed by atoms with Gasteiger partial charge in [-0.05, 0) is 25.1 Å². The molecule has 0 saturated carbocycles. The van der Waals surface area contributed by atoms with Gasteiger partial charge >= 0.3 is 5.97 Å². The summed E-state index contributed by atoms with van der Waals surface area (Å²) in [5.74, 6) is -2.41. The molecule has 2 unspecified atom stereocenters. The van der Waals surface area contributed by atoms with E-state index in [2.05, 4.69) is 0 Å². The lowest BCUT2D eigenvalue weighted by Crippen LogP contribution is -2.42. The Hall–Kier alpha value is -3.72. The zero-order valence-corrected chi connectivity index (χ0v) is 14.6. The van der Waals surface area contributed by atoms with Crippen molar-refractivity contribution >= 4 is 16.9 Å². The zero-order valence-electron chi connectivity index (χ0n) is 14.6. The van der Waals surface area contributed by atoms with Crippen molar-refractivity contribution < 1.29 is 34.4 Å². The van der Waals surface area contributed by atoms with E-state index in [9.17, 15) is 24.9 Å². The molecule has 1 heterocycles. The molecule has 3 rings (SSSR count). The van der Waals surface area contributed by atoms with E-state index in [1.807, 2.05) is 0 Å². The molecule has 0 bridgehead atoms. The van der Waals surface area contributed by atoms with Crippen LogP contribution in [0, 0.1) is 0 Å². The molecule has 2 atom stereocenters. The fourth-order valence-corrected chi connectivity index (χ4v) is 2.69. The van der Waals surface area contributed by atoms with Gasteiger partial charge < -0.3 is 35.3 Å². The van der Waals surface area contributed by atoms with E-state index >= 15 is 0 Å². The lowest BCUT2D eigenvalue weighted by atomic mass is 10.1. The highest BCUT2D eigenvalue weighted by Crippen LogP contribution is 2.34. The van der Waals surface area contributed by atoms with Crippen LogP contribution in [0.4, 0.5) is 0 Å². The fraction of sp³-hybridized carbons (Fsp3) is 0.158. The minimum Gasteiger partial charge on any atom is -0.508 e. The van der Waals surface area contributed by atoms with E-state index in [4.69, 9.17) is 20.0 Å². The van der Waals surface area contributed by atoms with Gasteiger partial charge in [0.15, 0.2) is 16.9 Å². The molecule has 9 nitrogen and oxygen atoms in total. The van der Waals surface area contributed by atoms with E-state index in [0.29, 0.717) is 5.56 Å². The van der Waals surface area contributed by atoms with Crippen LogP contribution in [0.1, 0.15) is 6.92 Å². The first-order valence-corrected chi connectivity index (χ1v) is 8.15. The summed E-state index contributed by atoms with van der Waals surface area (Å²) >= 11 is 0. The lowest BCUT2D eigenvalue weighted by molar-refractivity contribution is -0.145. The Bertz CT molecular complexity index is 1120. The molecule has 0 aliphatic heterocycles. The van der Waals surface area contributed by atoms with Crippen molar-refractivity contribution in [3.8, 4) is 34.3 Å². The first kappa shape index (κ1) is 19.1. The number of carbonyl (C=O) groups is 1. The quantitative estimate of drug-likeness (QED) is 0.439. The minimum absolute atomic E-state index is 0.0392. The summed E-state index contributed by atoms with van der Waals surface area (Å²) in [4.78, 5) is 23.5. The maximum atomic E-state index is 12.3. The Kier molecular flexibility index (Phi) is 4.85. The lowest BCUT2D eigenvalue weighted by Gasteiger charge is -2.19. The van der Waals surface area contributed by atoms with Crippen LogP contribution in [0.5, 0.6) is 23.0 Å². The second-order valence-corrected chi connectivity index (χ2v) is 6.23. The topological polar surface area (TPSA) is 163 Å². The molecule has 0 spiro atoms. The van der Waals surface area contributed by atoms with Crippen LogP contribution in [0.3, 0.4) is 0 Å². The van der Waals surface area contributed by atoms with Gasteiger partial charge in [-0.2, -0.15) is 0 Å². The highest BCUT2D eigenvalue weighted by molar-refractivity contribution is 5.86. The molecule has 28 heavy (non-hydrogen) atoms. The summed E-state index contributed by atoms with van der Waals surface area (Å²) in [6, 6.07) is 6.48. The molecule has 9 heteroatoms. The van der Waals surface area contributed by atoms with Gasteiger partial charge in [0.25, 0.3) is 0 Å². The monoisotopic (exact) mass is 387 g/mol. The number of aliphatic carboxylic acids is 1. The summed E-state index contributed by atoms with van der Waals surface area (Å²) in [5.41, 5.74) is 5.28. The highest BCUT2D eigenvalue weighted by atomic mass is 16.5. The second-order valence-electron chi connectivity index (χ2n) is 6.23. The standard InChI is InChI=1S/C19H17NO8/c1-8(20)18(19(25)26)28-14-3-2-9(4-11(14)22)15-7-13(24)17-12(23)5-10(21)6-16(17)27-15/h2-8,18,21-23H,20H2,1H3,(H,25,26). The summed E-state index contributed by atoms with van der Waals surface area (Å²) in [6.07, 6.45) is -1.36. The molecule has 2 aromatic carbocycles. The van der Waals surface area contributed by atoms with Crippen molar-refractivity contribution in [1.82, 2.24) is 0 Å². The predicted octanol–water partition coefficient (Wildman–Crippen LogP) is 1.76. The smallest absolute Gasteiger partial charge is 0.346 e. The van der Waals surface area contributed by atoms with Crippen LogP contribution in [-0.4, -0.2) is 38.5 Å². The Labute approximate surface area is 157 Å². The number of carboxylic acid groups (broad SMARTS) is 1. The number of phenolic OH excluding ortho intramolecular Hbond substituents is 3. The first-order valence-electron chi connectivity index (χ1n) is 8.15. The van der Waals surface area contributed by atoms with E-state index < -0.39 is 29.3 Å². The third kappa shape index (κ3) is 3.55. The summed E-state index contributed by atoms with van der Waals surface area (Å²) < 4.78 is 10.8. The minimum atomic E-state index is -1.36. The van der Waals surface area contributed by atoms with E-state index in [1.54, 1.807) is 0 Å². The van der Waals surface area contributed by atoms with Gasteiger partial charge in [0, 0.05) is 29.8 Å². The molecule has 0 saturated heterocycles. The molecule has 0 aliphatic carbocycles. The maximum absolute atomic E-state index is 12.3. The molecule has 0 aliphatic rings. The van der Waals surface area contributed by atoms with Gasteiger partial charge in [-0.3, -0.25) is 4.79 Å². The molecule has 146 valence electrons. The van der Waals surface area contributed by atoms with Crippen molar-refractivity contribution in [1.29, 1.82) is 0 Å². The third-order valence-corrected chi connectivity index (χ3v) is 4.01. The van der Waals surface area contributed by atoms with Crippen molar-refractivity contribution in [3.05, 3.63) is 46.6 Å². The van der Waals surface area contributed by atoms with Crippen molar-refractivity contribution in [2.24, 2.45) is 5.73 Å². The Morgan fingerprint density at radius 1 is 1.11 bits per heavy atom. The maximum Gasteiger partial charge on any atom is 0.346 e. The molecule has 6 N–H and O–H groups in total. The van der Waals surface area contributed by atoms with Crippen LogP contribution in [0.2, 0.25) is 0 Å². The second kappa shape index (κ2) is 7.12. The van der Waals surface area contributed by atoms with Crippen LogP contribution in [-0.2, 0) is 4.79 Å². The van der Waals surface area contributed by atoms with Gasteiger partial charge in [-0.15, -0.1) is 0 Å². The number of rotatable bonds is 5. The molecular formula is C19H17NO8. The SMILES string of the molecule is CC(N)C(Oc1ccc(-c2cc(=O)c3c(O)cc(O)cc3o2)cc1O)C(=O)O. The van der Waals surface area contributed by atoms with Crippen LogP contribution < -0.4 is 15.9 Å². The van der Waals surface area contributed by atoms with Gasteiger partial charge in [-0.25, -0.2) is 4.79 Å². The molecular weight excluding hydrogens is 370 g/mol. The highest BCUT2D eigenvalue weighted by Gasteiger charge is 2.25. The summed E-state index contributed by atoms with van der Waals surface area (Å²) in [5, 5.41) is 38.6. The van der Waals surface area contributed by atoms with Crippen LogP contribution in [0.15, 0.2) is 45.6 Å². The van der Waals surface area contributed by atoms with Gasteiger partial charge in [-0.1, -0.05) is 0 Å². The van der Waals surface area contributed by atoms with Gasteiger partial charge in [0.2, 0.25) is 6.10 Å². The van der Waals surface area contributed by atoms with Crippen LogP contribution in [0.25, 0.3) is 22.3 Å². The largest absolute Gasteiger partial charge is 0.508 e. The number of nitrogens with two attached hydrogens (primary N) is 1. The Morgan fingerprint density at radius 2 is 1.82 bits per heavy atom. The van der Waals surface area contributed by atoms with Gasteiger partial charge in [0.1, 0.15) is 28.2 Å². The first-order chi connectivity index (χ1) is 13.2. The van der Waals surface area contributed by atoms with E-state index in [1.165, 1.54) is 31.2 Å². The normalized spacial score (nSPS) is 13.2. The average molecular weight is 387 g/mol. The van der Waals surface area contributed by atoms with Crippen molar-refractivity contribution in [2.45, 2.75) is 19.1 Å². The number of phenols is 3. The number of carboxylic acids is 1. The molecule has 1 aromatic heterocycles. The molecule has 0 fully saturated rings. The molecule has 0 radical (unpaired) electrons. The molecule has 3 aromatic rings. The fourth-order valence-electron chi connectivity index (χ4n) is 2.69. The zero-order chi connectivity index (χ0) is 20.6. The number of hydrogen-bond donors (Lipinski definition) is 5. The van der Waals surface area contributed by atoms with E-state index in [-0.39, 0.29) is 34.0 Å². The number of benzene rings is 2. The summed E-state index contributed by atoms with van der Waals surface area (Å²) in [7, 11) is 0. The summed E-state index contributed by atoms with van der Waals surface area (Å²) in [6.45, 7) is 1.46. The third-order valence-electron chi connectivity index (χ3n) is 4.01. The van der Waals surface area contributed by atoms with Crippen molar-refractivity contribution in [2.75, 3.05) is 0 Å². The number of aromatic hydroxyl groups is 3. The number of hydrogen-bond acceptors (Lipinski definition) is 8. The predicted molar refractivity (Wildman–Crippen MR) is 98.6 cm³/mol. The van der Waals surface area contributed by atoms with Gasteiger partial charge in [0.05, 0.1) is 0 Å². The Balaban J connectivity index is 2.02. The number of fused-ring (bicyclic) bond motifs is 1. The number of ether oxygens (including phenoxy) is 1. The molecule has 0 amide bonds. The van der Waals surface area contributed by atoms with E-state index in [0.717, 1.165) is 12.1 Å². The van der Waals surface area contributed by atoms with Crippen molar-refractivity contribution in [3.63, 3.8) is 0 Å². The average Bonchev–Trinajstić information content (AvgIpc) is 2.58.